The van der Waals surface area contributed by atoms with Gasteiger partial charge >= 0.3 is 12.1 Å². The van der Waals surface area contributed by atoms with Crippen molar-refractivity contribution in [3.05, 3.63) is 46.0 Å². The first-order valence-electron chi connectivity index (χ1n) is 10.6. The van der Waals surface area contributed by atoms with E-state index in [1.807, 2.05) is 0 Å². The van der Waals surface area contributed by atoms with E-state index in [0.717, 1.165) is 10.8 Å². The van der Waals surface area contributed by atoms with Gasteiger partial charge in [-0.05, 0) is 18.2 Å². The van der Waals surface area contributed by atoms with Crippen molar-refractivity contribution in [2.75, 3.05) is 39.5 Å². The Kier molecular flexibility index (Phi) is 6.62. The predicted molar refractivity (Wildman–Crippen MR) is 121 cm³/mol. The largest absolute Gasteiger partial charge is 0.335 e. The molecule has 0 radical (unpaired) electrons. The van der Waals surface area contributed by atoms with Gasteiger partial charge in [0.25, 0.3) is 5.91 Å². The number of urea groups is 2. The number of nitrogens with zero attached hydrogens (tertiary/aromatic N) is 5. The van der Waals surface area contributed by atoms with Crippen LogP contribution in [0.5, 0.6) is 0 Å². The quantitative estimate of drug-likeness (QED) is 0.678. The van der Waals surface area contributed by atoms with E-state index in [1.54, 1.807) is 23.7 Å². The van der Waals surface area contributed by atoms with Crippen molar-refractivity contribution in [1.82, 2.24) is 30.0 Å². The van der Waals surface area contributed by atoms with Crippen LogP contribution in [0.4, 0.5) is 19.7 Å². The SMILES string of the molecule is CN(C)C(=O)NCC1Cn2nc3c(c2C(=O)N(C)O1)CN(C(=O)Nc1ccc(F)c(Cl)c1)CC3. The third-order valence-corrected chi connectivity index (χ3v) is 5.91. The Labute approximate surface area is 200 Å². The fourth-order valence-corrected chi connectivity index (χ4v) is 4.04. The number of hydroxylamine groups is 2. The molecule has 2 aromatic rings. The second kappa shape index (κ2) is 9.47. The molecule has 1 aromatic carbocycles. The van der Waals surface area contributed by atoms with Crippen LogP contribution < -0.4 is 10.6 Å². The monoisotopic (exact) mass is 493 g/mol. The molecule has 5 amide bonds. The van der Waals surface area contributed by atoms with E-state index in [0.29, 0.717) is 29.9 Å². The van der Waals surface area contributed by atoms with Gasteiger partial charge in [-0.2, -0.15) is 5.10 Å². The molecule has 0 spiro atoms. The third kappa shape index (κ3) is 4.77. The van der Waals surface area contributed by atoms with Gasteiger partial charge in [-0.25, -0.2) is 19.0 Å². The molecule has 1 atom stereocenters. The van der Waals surface area contributed by atoms with Crippen LogP contribution in [0, 0.1) is 5.82 Å². The molecule has 182 valence electrons. The Morgan fingerprint density at radius 2 is 2.12 bits per heavy atom. The van der Waals surface area contributed by atoms with Crippen LogP contribution in [-0.2, 0) is 24.3 Å². The maximum atomic E-state index is 13.4. The normalized spacial score (nSPS) is 17.6. The minimum absolute atomic E-state index is 0.0920. The highest BCUT2D eigenvalue weighted by molar-refractivity contribution is 6.31. The average molecular weight is 494 g/mol. The molecule has 0 aliphatic carbocycles. The Morgan fingerprint density at radius 3 is 2.82 bits per heavy atom. The molecular formula is C21H25ClFN7O4. The molecule has 0 saturated heterocycles. The van der Waals surface area contributed by atoms with Crippen LogP contribution >= 0.6 is 11.6 Å². The summed E-state index contributed by atoms with van der Waals surface area (Å²) in [5, 5.41) is 11.1. The van der Waals surface area contributed by atoms with Gasteiger partial charge < -0.3 is 20.4 Å². The van der Waals surface area contributed by atoms with Crippen LogP contribution in [0.25, 0.3) is 0 Å². The first kappa shape index (κ1) is 23.8. The number of anilines is 1. The molecule has 0 saturated carbocycles. The third-order valence-electron chi connectivity index (χ3n) is 5.62. The maximum Gasteiger partial charge on any atom is 0.322 e. The number of nitrogens with one attached hydrogen (secondary N) is 2. The van der Waals surface area contributed by atoms with Crippen molar-refractivity contribution in [3.63, 3.8) is 0 Å². The molecule has 3 heterocycles. The minimum atomic E-state index is -0.575. The summed E-state index contributed by atoms with van der Waals surface area (Å²) in [5.41, 5.74) is 2.10. The lowest BCUT2D eigenvalue weighted by atomic mass is 10.1. The summed E-state index contributed by atoms with van der Waals surface area (Å²) in [6, 6.07) is 3.26. The smallest absolute Gasteiger partial charge is 0.322 e. The highest BCUT2D eigenvalue weighted by Gasteiger charge is 2.35. The van der Waals surface area contributed by atoms with Crippen molar-refractivity contribution < 1.29 is 23.6 Å². The molecule has 34 heavy (non-hydrogen) atoms. The van der Waals surface area contributed by atoms with E-state index >= 15 is 0 Å². The number of benzene rings is 1. The van der Waals surface area contributed by atoms with Gasteiger partial charge in [0.1, 0.15) is 17.6 Å². The number of hydrogen-bond donors (Lipinski definition) is 2. The van der Waals surface area contributed by atoms with E-state index in [-0.39, 0.29) is 36.6 Å². The number of hydrogen-bond acceptors (Lipinski definition) is 5. The summed E-state index contributed by atoms with van der Waals surface area (Å²) in [4.78, 5) is 46.4. The number of aromatic nitrogens is 2. The van der Waals surface area contributed by atoms with E-state index in [2.05, 4.69) is 15.7 Å². The molecule has 2 aliphatic heterocycles. The van der Waals surface area contributed by atoms with Crippen LogP contribution in [0.15, 0.2) is 18.2 Å². The summed E-state index contributed by atoms with van der Waals surface area (Å²) in [6.07, 6.45) is -0.0459. The highest BCUT2D eigenvalue weighted by Crippen LogP contribution is 2.27. The van der Waals surface area contributed by atoms with Crippen LogP contribution in [-0.4, -0.2) is 82.9 Å². The first-order valence-corrected chi connectivity index (χ1v) is 11.0. The lowest BCUT2D eigenvalue weighted by Gasteiger charge is -2.27. The van der Waals surface area contributed by atoms with E-state index in [9.17, 15) is 18.8 Å². The fraction of sp³-hybridized carbons (Fsp3) is 0.429. The maximum absolute atomic E-state index is 13.4. The van der Waals surface area contributed by atoms with Crippen LogP contribution in [0.1, 0.15) is 21.7 Å². The highest BCUT2D eigenvalue weighted by atomic mass is 35.5. The fourth-order valence-electron chi connectivity index (χ4n) is 3.86. The molecule has 4 rings (SSSR count). The summed E-state index contributed by atoms with van der Waals surface area (Å²) in [5.74, 6) is -0.961. The topological polar surface area (TPSA) is 112 Å². The number of amides is 5. The lowest BCUT2D eigenvalue weighted by Crippen LogP contribution is -2.42. The summed E-state index contributed by atoms with van der Waals surface area (Å²) >= 11 is 5.80. The second-order valence-electron chi connectivity index (χ2n) is 8.30. The summed E-state index contributed by atoms with van der Waals surface area (Å²) < 4.78 is 15.0. The molecule has 0 bridgehead atoms. The van der Waals surface area contributed by atoms with Gasteiger partial charge in [-0.15, -0.1) is 0 Å². The van der Waals surface area contributed by atoms with Crippen molar-refractivity contribution in [1.29, 1.82) is 0 Å². The number of carbonyl (C=O) groups excluding carboxylic acids is 3. The zero-order valence-corrected chi connectivity index (χ0v) is 19.7. The van der Waals surface area contributed by atoms with Gasteiger partial charge in [0, 0.05) is 51.9 Å². The molecule has 2 N–H and O–H groups in total. The Bertz CT molecular complexity index is 1140. The van der Waals surface area contributed by atoms with Gasteiger partial charge in [-0.3, -0.25) is 14.3 Å². The standard InChI is InChI=1S/C21H25ClFN7O4/c1-27(2)20(32)24-9-13-10-30-18(19(31)28(3)34-13)14-11-29(7-6-17(14)26-30)21(33)25-12-4-5-16(23)15(22)8-12/h4-5,8,13H,6-7,9-11H2,1-3H3,(H,24,32)(H,25,33). The Balaban J connectivity index is 1.51. The Morgan fingerprint density at radius 1 is 1.35 bits per heavy atom. The van der Waals surface area contributed by atoms with Gasteiger partial charge in [0.15, 0.2) is 0 Å². The lowest BCUT2D eigenvalue weighted by molar-refractivity contribution is -0.146. The van der Waals surface area contributed by atoms with E-state index in [1.165, 1.54) is 30.1 Å². The summed E-state index contributed by atoms with van der Waals surface area (Å²) in [6.45, 7) is 1.01. The molecule has 1 unspecified atom stereocenters. The van der Waals surface area contributed by atoms with Crippen molar-refractivity contribution >= 4 is 35.3 Å². The zero-order chi connectivity index (χ0) is 24.6. The number of halogens is 2. The molecule has 2 aliphatic rings. The summed E-state index contributed by atoms with van der Waals surface area (Å²) in [7, 11) is 4.76. The number of rotatable bonds is 3. The first-order chi connectivity index (χ1) is 16.1. The second-order valence-corrected chi connectivity index (χ2v) is 8.70. The zero-order valence-electron chi connectivity index (χ0n) is 19.0. The number of fused-ring (bicyclic) bond motifs is 3. The van der Waals surface area contributed by atoms with Gasteiger partial charge in [0.05, 0.1) is 23.8 Å². The molecular weight excluding hydrogens is 469 g/mol. The molecule has 13 heteroatoms. The molecule has 1 aromatic heterocycles. The average Bonchev–Trinajstić information content (AvgIpc) is 3.10. The Hall–Kier alpha value is -3.38. The van der Waals surface area contributed by atoms with Crippen molar-refractivity contribution in [3.8, 4) is 0 Å². The van der Waals surface area contributed by atoms with Gasteiger partial charge in [0.2, 0.25) is 0 Å². The van der Waals surface area contributed by atoms with Crippen LogP contribution in [0.2, 0.25) is 5.02 Å². The van der Waals surface area contributed by atoms with Crippen molar-refractivity contribution in [2.24, 2.45) is 0 Å². The van der Waals surface area contributed by atoms with Crippen molar-refractivity contribution in [2.45, 2.75) is 25.6 Å². The van der Waals surface area contributed by atoms with Crippen LogP contribution in [0.3, 0.4) is 0 Å². The van der Waals surface area contributed by atoms with E-state index in [4.69, 9.17) is 16.4 Å². The number of carbonyl (C=O) groups is 3. The molecule has 11 nitrogen and oxygen atoms in total. The minimum Gasteiger partial charge on any atom is -0.335 e. The molecule has 0 fully saturated rings. The van der Waals surface area contributed by atoms with E-state index < -0.39 is 18.0 Å². The predicted octanol–water partition coefficient (Wildman–Crippen LogP) is 1.92. The van der Waals surface area contributed by atoms with Gasteiger partial charge in [-0.1, -0.05) is 11.6 Å².